The van der Waals surface area contributed by atoms with Gasteiger partial charge in [-0.1, -0.05) is 26.2 Å². The number of ether oxygens (including phenoxy) is 2. The van der Waals surface area contributed by atoms with Crippen LogP contribution in [0.5, 0.6) is 0 Å². The van der Waals surface area contributed by atoms with E-state index in [9.17, 15) is 9.59 Å². The molecular weight excluding hydrogens is 294 g/mol. The highest BCUT2D eigenvalue weighted by atomic mass is 16.5. The van der Waals surface area contributed by atoms with Gasteiger partial charge < -0.3 is 14.0 Å². The zero-order valence-electron chi connectivity index (χ0n) is 15.6. The number of esters is 2. The fraction of sp³-hybridized carbons (Fsp3) is 0.889. The molecule has 0 heterocycles. The SMILES string of the molecule is CCCCCCOC(=O)CCCC(=O)OCCCC[N+](C)(C)C. The molecule has 0 rings (SSSR count). The van der Waals surface area contributed by atoms with E-state index in [4.69, 9.17) is 9.47 Å². The number of unbranched alkanes of at least 4 members (excludes halogenated alkanes) is 4. The van der Waals surface area contributed by atoms with Gasteiger partial charge >= 0.3 is 11.9 Å². The first-order chi connectivity index (χ1) is 10.8. The zero-order valence-corrected chi connectivity index (χ0v) is 15.6. The molecule has 0 radical (unpaired) electrons. The molecule has 0 aromatic heterocycles. The monoisotopic (exact) mass is 330 g/mol. The van der Waals surface area contributed by atoms with E-state index in [-0.39, 0.29) is 11.9 Å². The lowest BCUT2D eigenvalue weighted by molar-refractivity contribution is -0.870. The van der Waals surface area contributed by atoms with Gasteiger partial charge in [0.1, 0.15) is 0 Å². The molecule has 0 aromatic carbocycles. The molecule has 0 saturated carbocycles. The van der Waals surface area contributed by atoms with Gasteiger partial charge in [0, 0.05) is 12.8 Å². The summed E-state index contributed by atoms with van der Waals surface area (Å²) < 4.78 is 11.2. The third-order valence-electron chi connectivity index (χ3n) is 3.51. The Kier molecular flexibility index (Phi) is 12.7. The lowest BCUT2D eigenvalue weighted by Crippen LogP contribution is -2.35. The summed E-state index contributed by atoms with van der Waals surface area (Å²) in [7, 11) is 6.44. The van der Waals surface area contributed by atoms with Crippen molar-refractivity contribution < 1.29 is 23.5 Å². The standard InChI is InChI=1S/C18H36NO4/c1-5-6-7-9-15-22-17(20)12-11-13-18(21)23-16-10-8-14-19(2,3)4/h5-16H2,1-4H3/q+1. The molecule has 0 unspecified atom stereocenters. The molecule has 0 saturated heterocycles. The smallest absolute Gasteiger partial charge is 0.305 e. The Bertz CT molecular complexity index is 323. The first-order valence-corrected chi connectivity index (χ1v) is 8.97. The van der Waals surface area contributed by atoms with Gasteiger partial charge in [0.2, 0.25) is 0 Å². The summed E-state index contributed by atoms with van der Waals surface area (Å²) in [5.41, 5.74) is 0. The molecule has 0 atom stereocenters. The van der Waals surface area contributed by atoms with Gasteiger partial charge in [0.25, 0.3) is 0 Å². The van der Waals surface area contributed by atoms with Crippen molar-refractivity contribution in [3.63, 3.8) is 0 Å². The Balaban J connectivity index is 3.43. The second-order valence-electron chi connectivity index (χ2n) is 7.08. The maximum absolute atomic E-state index is 11.5. The number of hydrogen-bond acceptors (Lipinski definition) is 4. The lowest BCUT2D eigenvalue weighted by Gasteiger charge is -2.23. The molecule has 136 valence electrons. The summed E-state index contributed by atoms with van der Waals surface area (Å²) in [6.45, 7) is 4.19. The fourth-order valence-electron chi connectivity index (χ4n) is 2.11. The van der Waals surface area contributed by atoms with Crippen molar-refractivity contribution in [2.75, 3.05) is 40.9 Å². The highest BCUT2D eigenvalue weighted by Crippen LogP contribution is 2.04. The van der Waals surface area contributed by atoms with Gasteiger partial charge in [-0.2, -0.15) is 0 Å². The first-order valence-electron chi connectivity index (χ1n) is 8.97. The van der Waals surface area contributed by atoms with Gasteiger partial charge in [-0.25, -0.2) is 0 Å². The molecule has 0 fully saturated rings. The van der Waals surface area contributed by atoms with Crippen molar-refractivity contribution in [2.24, 2.45) is 0 Å². The lowest BCUT2D eigenvalue weighted by atomic mass is 10.2. The zero-order chi connectivity index (χ0) is 17.6. The second kappa shape index (κ2) is 13.3. The molecule has 5 heteroatoms. The minimum atomic E-state index is -0.217. The van der Waals surface area contributed by atoms with E-state index < -0.39 is 0 Å². The number of carbonyl (C=O) groups excluding carboxylic acids is 2. The maximum atomic E-state index is 11.5. The Hall–Kier alpha value is -1.10. The molecule has 0 aliphatic rings. The van der Waals surface area contributed by atoms with E-state index in [0.29, 0.717) is 32.5 Å². The maximum Gasteiger partial charge on any atom is 0.305 e. The minimum absolute atomic E-state index is 0.211. The first kappa shape index (κ1) is 21.9. The predicted molar refractivity (Wildman–Crippen MR) is 92.0 cm³/mol. The largest absolute Gasteiger partial charge is 0.466 e. The Morgan fingerprint density at radius 1 is 0.739 bits per heavy atom. The van der Waals surface area contributed by atoms with Crippen molar-refractivity contribution in [3.8, 4) is 0 Å². The Morgan fingerprint density at radius 3 is 1.74 bits per heavy atom. The van der Waals surface area contributed by atoms with Crippen LogP contribution in [0.2, 0.25) is 0 Å². The van der Waals surface area contributed by atoms with Crippen LogP contribution in [-0.2, 0) is 19.1 Å². The van der Waals surface area contributed by atoms with Gasteiger partial charge in [-0.15, -0.1) is 0 Å². The molecule has 0 aliphatic carbocycles. The van der Waals surface area contributed by atoms with Crippen molar-refractivity contribution in [1.29, 1.82) is 0 Å². The third kappa shape index (κ3) is 17.1. The van der Waals surface area contributed by atoms with Crippen LogP contribution in [0.4, 0.5) is 0 Å². The normalized spacial score (nSPS) is 11.3. The van der Waals surface area contributed by atoms with Gasteiger partial charge in [0.15, 0.2) is 0 Å². The molecule has 0 aliphatic heterocycles. The van der Waals surface area contributed by atoms with Crippen LogP contribution in [0, 0.1) is 0 Å². The van der Waals surface area contributed by atoms with E-state index in [1.165, 1.54) is 12.8 Å². The highest BCUT2D eigenvalue weighted by molar-refractivity contribution is 5.72. The number of hydrogen-bond donors (Lipinski definition) is 0. The average molecular weight is 330 g/mol. The van der Waals surface area contributed by atoms with Gasteiger partial charge in [-0.05, 0) is 25.7 Å². The van der Waals surface area contributed by atoms with Crippen molar-refractivity contribution in [3.05, 3.63) is 0 Å². The van der Waals surface area contributed by atoms with Crippen LogP contribution in [0.3, 0.4) is 0 Å². The van der Waals surface area contributed by atoms with Crippen molar-refractivity contribution in [2.45, 2.75) is 64.7 Å². The number of rotatable bonds is 14. The molecule has 23 heavy (non-hydrogen) atoms. The van der Waals surface area contributed by atoms with Crippen LogP contribution in [0.1, 0.15) is 64.7 Å². The average Bonchev–Trinajstić information content (AvgIpc) is 2.45. The van der Waals surface area contributed by atoms with E-state index >= 15 is 0 Å². The highest BCUT2D eigenvalue weighted by Gasteiger charge is 2.08. The molecular formula is C18H36NO4+. The van der Waals surface area contributed by atoms with Gasteiger partial charge in [-0.3, -0.25) is 9.59 Å². The molecule has 0 aromatic rings. The molecule has 5 nitrogen and oxygen atoms in total. The molecule has 0 amide bonds. The van der Waals surface area contributed by atoms with Crippen LogP contribution < -0.4 is 0 Å². The number of nitrogens with zero attached hydrogens (tertiary/aromatic N) is 1. The Labute approximate surface area is 141 Å². The number of quaternary nitrogens is 1. The summed E-state index contributed by atoms with van der Waals surface area (Å²) in [5, 5.41) is 0. The summed E-state index contributed by atoms with van der Waals surface area (Å²) in [6, 6.07) is 0. The fourth-order valence-corrected chi connectivity index (χ4v) is 2.11. The van der Waals surface area contributed by atoms with Crippen molar-refractivity contribution >= 4 is 11.9 Å². The van der Waals surface area contributed by atoms with Gasteiger partial charge in [0.05, 0.1) is 40.9 Å². The van der Waals surface area contributed by atoms with E-state index in [1.54, 1.807) is 0 Å². The second-order valence-corrected chi connectivity index (χ2v) is 7.08. The molecule has 0 bridgehead atoms. The van der Waals surface area contributed by atoms with Crippen LogP contribution in [0.25, 0.3) is 0 Å². The summed E-state index contributed by atoms with van der Waals surface area (Å²) in [6.07, 6.45) is 7.40. The quantitative estimate of drug-likeness (QED) is 0.278. The number of carbonyl (C=O) groups is 2. The summed E-state index contributed by atoms with van der Waals surface area (Å²) >= 11 is 0. The minimum Gasteiger partial charge on any atom is -0.466 e. The van der Waals surface area contributed by atoms with Crippen LogP contribution in [0.15, 0.2) is 0 Å². The summed E-state index contributed by atoms with van der Waals surface area (Å²) in [5.74, 6) is -0.428. The third-order valence-corrected chi connectivity index (χ3v) is 3.51. The van der Waals surface area contributed by atoms with Crippen molar-refractivity contribution in [1.82, 2.24) is 0 Å². The topological polar surface area (TPSA) is 52.6 Å². The van der Waals surface area contributed by atoms with E-state index in [2.05, 4.69) is 28.1 Å². The predicted octanol–water partition coefficient (Wildman–Crippen LogP) is 3.31. The Morgan fingerprint density at radius 2 is 1.26 bits per heavy atom. The van der Waals surface area contributed by atoms with E-state index in [0.717, 1.165) is 36.7 Å². The summed E-state index contributed by atoms with van der Waals surface area (Å²) in [4.78, 5) is 23.0. The van der Waals surface area contributed by atoms with Crippen LogP contribution >= 0.6 is 0 Å². The molecule has 0 spiro atoms. The molecule has 0 N–H and O–H groups in total. The van der Waals surface area contributed by atoms with Crippen LogP contribution in [-0.4, -0.2) is 57.3 Å². The van der Waals surface area contributed by atoms with E-state index in [1.807, 2.05) is 0 Å².